The quantitative estimate of drug-likeness (QED) is 0.453. The summed E-state index contributed by atoms with van der Waals surface area (Å²) >= 11 is 13.8. The molecule has 4 aromatic rings. The zero-order chi connectivity index (χ0) is 19.0. The molecule has 0 atom stereocenters. The van der Waals surface area contributed by atoms with Crippen molar-refractivity contribution >= 4 is 51.9 Å². The van der Waals surface area contributed by atoms with Crippen molar-refractivity contribution in [2.75, 3.05) is 5.32 Å². The highest BCUT2D eigenvalue weighted by Gasteiger charge is 2.18. The van der Waals surface area contributed by atoms with Crippen molar-refractivity contribution in [3.05, 3.63) is 74.5 Å². The summed E-state index contributed by atoms with van der Waals surface area (Å²) in [5, 5.41) is 5.90. The smallest absolute Gasteiger partial charge is 0.230 e. The predicted molar refractivity (Wildman–Crippen MR) is 112 cm³/mol. The topological polar surface area (TPSA) is 46.4 Å². The van der Waals surface area contributed by atoms with Crippen LogP contribution in [0.1, 0.15) is 10.4 Å². The van der Waals surface area contributed by atoms with Crippen LogP contribution in [0.5, 0.6) is 0 Å². The van der Waals surface area contributed by atoms with Gasteiger partial charge in [-0.05, 0) is 42.1 Å². The summed E-state index contributed by atoms with van der Waals surface area (Å²) in [6.07, 6.45) is 2.20. The lowest BCUT2D eigenvalue weighted by Gasteiger charge is -2.08. The number of nitrogens with one attached hydrogen (secondary N) is 1. The molecule has 0 aliphatic heterocycles. The Hall–Kier alpha value is -2.34. The van der Waals surface area contributed by atoms with Gasteiger partial charge in [0.25, 0.3) is 0 Å². The van der Waals surface area contributed by atoms with Gasteiger partial charge < -0.3 is 5.32 Å². The number of amides is 1. The molecule has 0 spiro atoms. The van der Waals surface area contributed by atoms with Gasteiger partial charge in [-0.1, -0.05) is 41.4 Å². The van der Waals surface area contributed by atoms with Crippen LogP contribution in [0, 0.1) is 6.92 Å². The van der Waals surface area contributed by atoms with Gasteiger partial charge in [-0.3, -0.25) is 9.20 Å². The van der Waals surface area contributed by atoms with Crippen molar-refractivity contribution in [2.45, 2.75) is 13.3 Å². The molecule has 0 saturated heterocycles. The molecule has 4 nitrogen and oxygen atoms in total. The molecule has 1 aromatic carbocycles. The third-order valence-corrected chi connectivity index (χ3v) is 5.83. The van der Waals surface area contributed by atoms with Gasteiger partial charge in [0, 0.05) is 16.6 Å². The first kappa shape index (κ1) is 18.0. The minimum atomic E-state index is -0.0953. The molecule has 0 aliphatic carbocycles. The second kappa shape index (κ2) is 7.35. The van der Waals surface area contributed by atoms with Crippen LogP contribution in [-0.4, -0.2) is 15.3 Å². The first-order valence-corrected chi connectivity index (χ1v) is 9.92. The summed E-state index contributed by atoms with van der Waals surface area (Å²) in [5.74, 6) is 0.524. The van der Waals surface area contributed by atoms with Gasteiger partial charge in [-0.25, -0.2) is 4.98 Å². The van der Waals surface area contributed by atoms with Gasteiger partial charge in [0.1, 0.15) is 17.2 Å². The first-order chi connectivity index (χ1) is 13.0. The van der Waals surface area contributed by atoms with E-state index in [9.17, 15) is 4.79 Å². The number of carbonyl (C=O) groups excluding carboxylic acids is 1. The van der Waals surface area contributed by atoms with Crippen molar-refractivity contribution in [2.24, 2.45) is 0 Å². The molecule has 27 heavy (non-hydrogen) atoms. The maximum atomic E-state index is 12.6. The lowest BCUT2D eigenvalue weighted by molar-refractivity contribution is -0.115. The monoisotopic (exact) mass is 415 g/mol. The van der Waals surface area contributed by atoms with Crippen LogP contribution in [-0.2, 0) is 11.2 Å². The number of rotatable bonds is 4. The fourth-order valence-corrected chi connectivity index (χ4v) is 3.92. The number of thiophene rings is 1. The van der Waals surface area contributed by atoms with E-state index < -0.39 is 0 Å². The first-order valence-electron chi connectivity index (χ1n) is 8.28. The highest BCUT2D eigenvalue weighted by Crippen LogP contribution is 2.33. The molecule has 0 bridgehead atoms. The Bertz CT molecular complexity index is 1140. The third kappa shape index (κ3) is 3.58. The van der Waals surface area contributed by atoms with E-state index in [4.69, 9.17) is 28.2 Å². The van der Waals surface area contributed by atoms with Crippen molar-refractivity contribution in [3.8, 4) is 11.3 Å². The summed E-state index contributed by atoms with van der Waals surface area (Å²) in [5.41, 5.74) is 3.24. The summed E-state index contributed by atoms with van der Waals surface area (Å²) in [7, 11) is 0. The summed E-state index contributed by atoms with van der Waals surface area (Å²) in [6, 6.07) is 13.1. The molecule has 7 heteroatoms. The minimum absolute atomic E-state index is 0.0953. The van der Waals surface area contributed by atoms with Gasteiger partial charge in [-0.15, -0.1) is 11.3 Å². The second-order valence-electron chi connectivity index (χ2n) is 6.13. The van der Waals surface area contributed by atoms with Crippen LogP contribution in [0.3, 0.4) is 0 Å². The SMILES string of the molecule is Cc1cccn2c(NC(=O)Cc3cccs3)c(-c3ccc(Cl)c(Cl)c3)nc12. The molecule has 3 aromatic heterocycles. The number of imidazole rings is 1. The molecule has 4 rings (SSSR count). The average Bonchev–Trinajstić information content (AvgIpc) is 3.27. The number of nitrogens with zero attached hydrogens (tertiary/aromatic N) is 2. The Morgan fingerprint density at radius 1 is 1.19 bits per heavy atom. The molecule has 1 N–H and O–H groups in total. The molecule has 136 valence electrons. The van der Waals surface area contributed by atoms with Crippen LogP contribution < -0.4 is 5.32 Å². The number of aryl methyl sites for hydroxylation is 1. The van der Waals surface area contributed by atoms with Crippen LogP contribution in [0.2, 0.25) is 10.0 Å². The van der Waals surface area contributed by atoms with Crippen molar-refractivity contribution in [1.82, 2.24) is 9.38 Å². The van der Waals surface area contributed by atoms with Crippen LogP contribution in [0.15, 0.2) is 54.0 Å². The molecular weight excluding hydrogens is 401 g/mol. The number of halogens is 2. The fourth-order valence-electron chi connectivity index (χ4n) is 2.92. The van der Waals surface area contributed by atoms with Crippen LogP contribution in [0.4, 0.5) is 5.82 Å². The maximum Gasteiger partial charge on any atom is 0.230 e. The van der Waals surface area contributed by atoms with E-state index in [0.29, 0.717) is 28.0 Å². The number of pyridine rings is 1. The third-order valence-electron chi connectivity index (χ3n) is 4.21. The van der Waals surface area contributed by atoms with E-state index in [1.54, 1.807) is 23.5 Å². The molecule has 3 heterocycles. The van der Waals surface area contributed by atoms with Crippen molar-refractivity contribution < 1.29 is 4.79 Å². The molecular formula is C20H15Cl2N3OS. The number of benzene rings is 1. The molecule has 0 radical (unpaired) electrons. The summed E-state index contributed by atoms with van der Waals surface area (Å²) < 4.78 is 1.89. The fraction of sp³-hybridized carbons (Fsp3) is 0.100. The predicted octanol–water partition coefficient (Wildman–Crippen LogP) is 5.86. The van der Waals surface area contributed by atoms with Gasteiger partial charge >= 0.3 is 0 Å². The summed E-state index contributed by atoms with van der Waals surface area (Å²) in [4.78, 5) is 18.4. The molecule has 0 fully saturated rings. The Morgan fingerprint density at radius 3 is 2.78 bits per heavy atom. The molecule has 0 saturated carbocycles. The highest BCUT2D eigenvalue weighted by atomic mass is 35.5. The van der Waals surface area contributed by atoms with Gasteiger partial charge in [0.05, 0.1) is 16.5 Å². The van der Waals surface area contributed by atoms with E-state index in [1.807, 2.05) is 53.2 Å². The second-order valence-corrected chi connectivity index (χ2v) is 7.97. The number of aromatic nitrogens is 2. The van der Waals surface area contributed by atoms with Gasteiger partial charge in [0.2, 0.25) is 5.91 Å². The summed E-state index contributed by atoms with van der Waals surface area (Å²) in [6.45, 7) is 1.98. The lowest BCUT2D eigenvalue weighted by atomic mass is 10.1. The number of anilines is 1. The molecule has 0 aliphatic rings. The van der Waals surface area contributed by atoms with E-state index in [-0.39, 0.29) is 5.91 Å². The Kier molecular flexibility index (Phi) is 4.91. The lowest BCUT2D eigenvalue weighted by Crippen LogP contribution is -2.15. The van der Waals surface area contributed by atoms with Gasteiger partial charge in [-0.2, -0.15) is 0 Å². The van der Waals surface area contributed by atoms with Gasteiger partial charge in [0.15, 0.2) is 0 Å². The van der Waals surface area contributed by atoms with E-state index >= 15 is 0 Å². The minimum Gasteiger partial charge on any atom is -0.310 e. The highest BCUT2D eigenvalue weighted by molar-refractivity contribution is 7.10. The standard InChI is InChI=1S/C20H15Cl2N3OS/c1-12-4-2-8-25-19(12)24-18(13-6-7-15(21)16(22)10-13)20(25)23-17(26)11-14-5-3-9-27-14/h2-10H,11H2,1H3,(H,23,26). The van der Waals surface area contributed by atoms with Crippen LogP contribution in [0.25, 0.3) is 16.9 Å². The normalized spacial score (nSPS) is 11.1. The van der Waals surface area contributed by atoms with E-state index in [1.165, 1.54) is 0 Å². The Morgan fingerprint density at radius 2 is 2.04 bits per heavy atom. The zero-order valence-electron chi connectivity index (χ0n) is 14.4. The maximum absolute atomic E-state index is 12.6. The van der Waals surface area contributed by atoms with E-state index in [2.05, 4.69) is 5.32 Å². The molecule has 0 unspecified atom stereocenters. The number of hydrogen-bond acceptors (Lipinski definition) is 3. The van der Waals surface area contributed by atoms with Crippen molar-refractivity contribution in [1.29, 1.82) is 0 Å². The zero-order valence-corrected chi connectivity index (χ0v) is 16.7. The number of fused-ring (bicyclic) bond motifs is 1. The largest absolute Gasteiger partial charge is 0.310 e. The Labute approximate surface area is 170 Å². The molecule has 1 amide bonds. The van der Waals surface area contributed by atoms with Crippen molar-refractivity contribution in [3.63, 3.8) is 0 Å². The van der Waals surface area contributed by atoms with E-state index in [0.717, 1.165) is 21.7 Å². The Balaban J connectivity index is 1.80. The number of hydrogen-bond donors (Lipinski definition) is 1. The van der Waals surface area contributed by atoms with Crippen LogP contribution >= 0.6 is 34.5 Å². The number of carbonyl (C=O) groups is 1. The average molecular weight is 416 g/mol.